The monoisotopic (exact) mass is 237 g/mol. The topological polar surface area (TPSA) is 12.0 Å². The van der Waals surface area contributed by atoms with Crippen molar-refractivity contribution in [3.05, 3.63) is 34.9 Å². The zero-order valence-electron chi connectivity index (χ0n) is 10.8. The lowest BCUT2D eigenvalue weighted by molar-refractivity contribution is 0.476. The van der Waals surface area contributed by atoms with E-state index in [4.69, 9.17) is 0 Å². The van der Waals surface area contributed by atoms with Gasteiger partial charge in [0.05, 0.1) is 0 Å². The van der Waals surface area contributed by atoms with Crippen molar-refractivity contribution in [3.8, 4) is 0 Å². The van der Waals surface area contributed by atoms with Crippen LogP contribution < -0.4 is 5.32 Å². The van der Waals surface area contributed by atoms with Gasteiger partial charge in [-0.2, -0.15) is 12.6 Å². The summed E-state index contributed by atoms with van der Waals surface area (Å²) in [7, 11) is 0. The Labute approximate surface area is 105 Å². The van der Waals surface area contributed by atoms with Crippen LogP contribution in [0.25, 0.3) is 0 Å². The number of hydrogen-bond donors (Lipinski definition) is 2. The molecule has 0 fully saturated rings. The first-order chi connectivity index (χ1) is 7.47. The summed E-state index contributed by atoms with van der Waals surface area (Å²) in [4.78, 5) is 0. The van der Waals surface area contributed by atoms with Gasteiger partial charge in [0.2, 0.25) is 0 Å². The van der Waals surface area contributed by atoms with Gasteiger partial charge in [-0.1, -0.05) is 37.6 Å². The normalized spacial score (nSPS) is 11.8. The average Bonchev–Trinajstić information content (AvgIpc) is 2.17. The average molecular weight is 237 g/mol. The standard InChI is InChI=1S/C14H23NS/c1-11-5-6-13(12(2)9-11)14(3,4)10-15-7-8-16/h5-6,9,15-16H,7-8,10H2,1-4H3. The summed E-state index contributed by atoms with van der Waals surface area (Å²) in [5.74, 6) is 0.892. The van der Waals surface area contributed by atoms with Crippen molar-refractivity contribution < 1.29 is 0 Å². The van der Waals surface area contributed by atoms with Crippen LogP contribution >= 0.6 is 12.6 Å². The molecule has 16 heavy (non-hydrogen) atoms. The third kappa shape index (κ3) is 3.53. The van der Waals surface area contributed by atoms with Gasteiger partial charge >= 0.3 is 0 Å². The minimum Gasteiger partial charge on any atom is -0.315 e. The van der Waals surface area contributed by atoms with E-state index in [0.717, 1.165) is 18.8 Å². The van der Waals surface area contributed by atoms with E-state index in [-0.39, 0.29) is 5.41 Å². The molecule has 0 saturated heterocycles. The van der Waals surface area contributed by atoms with Crippen molar-refractivity contribution in [1.82, 2.24) is 5.32 Å². The first-order valence-electron chi connectivity index (χ1n) is 5.86. The molecule has 90 valence electrons. The van der Waals surface area contributed by atoms with E-state index in [1.807, 2.05) is 0 Å². The second kappa shape index (κ2) is 5.74. The Morgan fingerprint density at radius 1 is 1.25 bits per heavy atom. The highest BCUT2D eigenvalue weighted by atomic mass is 32.1. The molecule has 0 saturated carbocycles. The highest BCUT2D eigenvalue weighted by Crippen LogP contribution is 2.26. The summed E-state index contributed by atoms with van der Waals surface area (Å²) in [6.07, 6.45) is 0. The van der Waals surface area contributed by atoms with Gasteiger partial charge in [-0.25, -0.2) is 0 Å². The van der Waals surface area contributed by atoms with Crippen molar-refractivity contribution in [1.29, 1.82) is 0 Å². The summed E-state index contributed by atoms with van der Waals surface area (Å²) in [5, 5.41) is 3.44. The number of thiol groups is 1. The van der Waals surface area contributed by atoms with E-state index < -0.39 is 0 Å². The van der Waals surface area contributed by atoms with Gasteiger partial charge in [0.25, 0.3) is 0 Å². The molecule has 0 heterocycles. The van der Waals surface area contributed by atoms with Gasteiger partial charge < -0.3 is 5.32 Å². The molecule has 1 nitrogen and oxygen atoms in total. The molecule has 1 aromatic rings. The smallest absolute Gasteiger partial charge is 0.00436 e. The number of hydrogen-bond acceptors (Lipinski definition) is 2. The molecule has 1 rings (SSSR count). The van der Waals surface area contributed by atoms with E-state index in [2.05, 4.69) is 63.8 Å². The fourth-order valence-corrected chi connectivity index (χ4v) is 2.31. The van der Waals surface area contributed by atoms with Crippen LogP contribution in [0.15, 0.2) is 18.2 Å². The number of nitrogens with one attached hydrogen (secondary N) is 1. The lowest BCUT2D eigenvalue weighted by atomic mass is 9.81. The van der Waals surface area contributed by atoms with Crippen LogP contribution in [-0.4, -0.2) is 18.8 Å². The predicted molar refractivity (Wildman–Crippen MR) is 75.7 cm³/mol. The predicted octanol–water partition coefficient (Wildman–Crippen LogP) is 3.10. The lowest BCUT2D eigenvalue weighted by Gasteiger charge is -2.27. The van der Waals surface area contributed by atoms with Crippen molar-refractivity contribution in [2.75, 3.05) is 18.8 Å². The van der Waals surface area contributed by atoms with Gasteiger partial charge in [-0.15, -0.1) is 0 Å². The summed E-state index contributed by atoms with van der Waals surface area (Å²) < 4.78 is 0. The molecule has 0 aromatic heterocycles. The molecule has 0 bridgehead atoms. The van der Waals surface area contributed by atoms with Crippen molar-refractivity contribution in [3.63, 3.8) is 0 Å². The highest BCUT2D eigenvalue weighted by molar-refractivity contribution is 7.80. The first-order valence-corrected chi connectivity index (χ1v) is 6.50. The molecule has 0 spiro atoms. The van der Waals surface area contributed by atoms with Crippen LogP contribution in [-0.2, 0) is 5.41 Å². The quantitative estimate of drug-likeness (QED) is 0.592. The van der Waals surface area contributed by atoms with Gasteiger partial charge in [0.15, 0.2) is 0 Å². The molecule has 0 amide bonds. The molecule has 0 aliphatic rings. The minimum atomic E-state index is 0.181. The van der Waals surface area contributed by atoms with Gasteiger partial charge in [0.1, 0.15) is 0 Å². The maximum absolute atomic E-state index is 4.21. The molecule has 0 radical (unpaired) electrons. The number of benzene rings is 1. The molecule has 0 atom stereocenters. The minimum absolute atomic E-state index is 0.181. The molecule has 2 heteroatoms. The Morgan fingerprint density at radius 3 is 2.50 bits per heavy atom. The molecular weight excluding hydrogens is 214 g/mol. The molecule has 0 unspecified atom stereocenters. The van der Waals surface area contributed by atoms with Gasteiger partial charge in [-0.05, 0) is 25.0 Å². The second-order valence-corrected chi connectivity index (χ2v) is 5.55. The third-order valence-electron chi connectivity index (χ3n) is 2.97. The third-order valence-corrected chi connectivity index (χ3v) is 3.19. The Kier molecular flexibility index (Phi) is 4.88. The summed E-state index contributed by atoms with van der Waals surface area (Å²) in [6, 6.07) is 6.71. The summed E-state index contributed by atoms with van der Waals surface area (Å²) >= 11 is 4.21. The van der Waals surface area contributed by atoms with Crippen LogP contribution in [0.5, 0.6) is 0 Å². The Bertz CT molecular complexity index is 345. The molecular formula is C14H23NS. The number of rotatable bonds is 5. The Hall–Kier alpha value is -0.470. The second-order valence-electron chi connectivity index (χ2n) is 5.10. The van der Waals surface area contributed by atoms with E-state index in [9.17, 15) is 0 Å². The lowest BCUT2D eigenvalue weighted by Crippen LogP contribution is -2.34. The highest BCUT2D eigenvalue weighted by Gasteiger charge is 2.21. The first kappa shape index (κ1) is 13.6. The van der Waals surface area contributed by atoms with Gasteiger partial charge in [0, 0.05) is 24.3 Å². The largest absolute Gasteiger partial charge is 0.315 e. The van der Waals surface area contributed by atoms with Crippen LogP contribution in [0.4, 0.5) is 0 Å². The van der Waals surface area contributed by atoms with E-state index in [1.54, 1.807) is 0 Å². The molecule has 0 aliphatic heterocycles. The van der Waals surface area contributed by atoms with Gasteiger partial charge in [-0.3, -0.25) is 0 Å². The molecule has 1 N–H and O–H groups in total. The zero-order valence-corrected chi connectivity index (χ0v) is 11.7. The van der Waals surface area contributed by atoms with Crippen molar-refractivity contribution in [2.24, 2.45) is 0 Å². The SMILES string of the molecule is Cc1ccc(C(C)(C)CNCCS)c(C)c1. The fraction of sp³-hybridized carbons (Fsp3) is 0.571. The summed E-state index contributed by atoms with van der Waals surface area (Å²) in [5.41, 5.74) is 4.34. The van der Waals surface area contributed by atoms with Crippen LogP contribution in [0, 0.1) is 13.8 Å². The van der Waals surface area contributed by atoms with Crippen LogP contribution in [0.1, 0.15) is 30.5 Å². The molecule has 1 aromatic carbocycles. The van der Waals surface area contributed by atoms with E-state index in [1.165, 1.54) is 16.7 Å². The van der Waals surface area contributed by atoms with E-state index >= 15 is 0 Å². The Morgan fingerprint density at radius 2 is 1.94 bits per heavy atom. The van der Waals surface area contributed by atoms with Crippen LogP contribution in [0.3, 0.4) is 0 Å². The van der Waals surface area contributed by atoms with Crippen molar-refractivity contribution >= 4 is 12.6 Å². The Balaban J connectivity index is 2.80. The van der Waals surface area contributed by atoms with Crippen molar-refractivity contribution in [2.45, 2.75) is 33.1 Å². The maximum atomic E-state index is 4.21. The summed E-state index contributed by atoms with van der Waals surface area (Å²) in [6.45, 7) is 10.9. The fourth-order valence-electron chi connectivity index (χ4n) is 2.15. The van der Waals surface area contributed by atoms with E-state index in [0.29, 0.717) is 0 Å². The van der Waals surface area contributed by atoms with Crippen LogP contribution in [0.2, 0.25) is 0 Å². The molecule has 0 aliphatic carbocycles. The zero-order chi connectivity index (χ0) is 12.2. The maximum Gasteiger partial charge on any atom is 0.00436 e. The number of aryl methyl sites for hydroxylation is 2.